The van der Waals surface area contributed by atoms with Crippen LogP contribution in [0.15, 0.2) is 113 Å². The second-order valence-corrected chi connectivity index (χ2v) is 15.2. The third-order valence-electron chi connectivity index (χ3n) is 11.4. The summed E-state index contributed by atoms with van der Waals surface area (Å²) < 4.78 is 5.82. The summed E-state index contributed by atoms with van der Waals surface area (Å²) in [7, 11) is 1.65. The van der Waals surface area contributed by atoms with Crippen LogP contribution in [0.5, 0.6) is 0 Å². The standard InChI is InChI=1S/C46H50N8O6/c1-3-32(26-49-53-45(58)48-25-29-21-23-31(24-22-29)43(56)47-2)50-40(55)27-54-39-20-12-11-19-37(39)41(30-13-5-4-6-14-30)51-42(44(54)57)52-46(59)60-28-38-35-17-9-7-15-33(35)34-16-8-10-18-36(34)38/h4-20,26,29,31-32,38,42H,3,21-25,27-28H2,1-2H3,(H,47,56)(H,50,55)(H,52,59)(H2,48,53,58)/b49-26+/t29?,31?,32-,42?/m0/s1. The Balaban J connectivity index is 1.01. The number of nitrogens with one attached hydrogen (secondary N) is 5. The van der Waals surface area contributed by atoms with E-state index in [2.05, 4.69) is 43.9 Å². The van der Waals surface area contributed by atoms with Gasteiger partial charge in [-0.2, -0.15) is 5.10 Å². The van der Waals surface area contributed by atoms with Crippen molar-refractivity contribution in [2.45, 2.75) is 57.2 Å². The second-order valence-electron chi connectivity index (χ2n) is 15.2. The lowest BCUT2D eigenvalue weighted by Gasteiger charge is -2.27. The highest BCUT2D eigenvalue weighted by molar-refractivity contribution is 6.21. The van der Waals surface area contributed by atoms with Crippen LogP contribution in [0.1, 0.15) is 67.2 Å². The van der Waals surface area contributed by atoms with Crippen LogP contribution in [0.4, 0.5) is 15.3 Å². The monoisotopic (exact) mass is 810 g/mol. The third kappa shape index (κ3) is 9.54. The fourth-order valence-corrected chi connectivity index (χ4v) is 8.20. The predicted octanol–water partition coefficient (Wildman–Crippen LogP) is 5.47. The van der Waals surface area contributed by atoms with Gasteiger partial charge in [-0.05, 0) is 66.3 Å². The first kappa shape index (κ1) is 41.3. The van der Waals surface area contributed by atoms with E-state index in [1.54, 1.807) is 19.2 Å². The van der Waals surface area contributed by atoms with Crippen molar-refractivity contribution in [1.29, 1.82) is 0 Å². The van der Waals surface area contributed by atoms with Gasteiger partial charge in [-0.1, -0.05) is 104 Å². The van der Waals surface area contributed by atoms with Gasteiger partial charge in [0.05, 0.1) is 17.4 Å². The molecule has 3 aliphatic rings. The largest absolute Gasteiger partial charge is 0.449 e. The van der Waals surface area contributed by atoms with E-state index in [4.69, 9.17) is 9.73 Å². The molecule has 1 aliphatic heterocycles. The SMILES string of the molecule is CC[C@@H](/C=N/NC(=O)NCC1CCC(C(=O)NC)CC1)NC(=O)CN1C(=O)C(NC(=O)OCC2c3ccccc3-c3ccccc32)N=C(c2ccccc2)c2ccccc21. The van der Waals surface area contributed by atoms with Gasteiger partial charge in [0, 0.05) is 42.8 Å². The number of nitrogens with zero attached hydrogens (tertiary/aromatic N) is 3. The summed E-state index contributed by atoms with van der Waals surface area (Å²) in [6, 6.07) is 31.5. The topological polar surface area (TPSA) is 183 Å². The van der Waals surface area contributed by atoms with Gasteiger partial charge in [-0.25, -0.2) is 20.0 Å². The molecule has 60 heavy (non-hydrogen) atoms. The molecule has 0 saturated heterocycles. The molecular weight excluding hydrogens is 761 g/mol. The molecule has 1 heterocycles. The molecule has 1 fully saturated rings. The van der Waals surface area contributed by atoms with Crippen molar-refractivity contribution in [3.05, 3.63) is 125 Å². The van der Waals surface area contributed by atoms with Crippen molar-refractivity contribution in [3.63, 3.8) is 0 Å². The number of amides is 6. The lowest BCUT2D eigenvalue weighted by molar-refractivity contribution is -0.125. The number of urea groups is 1. The van der Waals surface area contributed by atoms with E-state index in [9.17, 15) is 24.0 Å². The Bertz CT molecular complexity index is 2230. The number of benzodiazepines with no additional fused rings is 1. The van der Waals surface area contributed by atoms with Crippen LogP contribution in [0.3, 0.4) is 0 Å². The Labute approximate surface area is 349 Å². The molecule has 1 unspecified atom stereocenters. The number of anilines is 1. The maximum absolute atomic E-state index is 14.5. The summed E-state index contributed by atoms with van der Waals surface area (Å²) >= 11 is 0. The molecule has 310 valence electrons. The van der Waals surface area contributed by atoms with Crippen molar-refractivity contribution in [1.82, 2.24) is 26.7 Å². The quantitative estimate of drug-likeness (QED) is 0.0882. The third-order valence-corrected chi connectivity index (χ3v) is 11.4. The fourth-order valence-electron chi connectivity index (χ4n) is 8.20. The first-order valence-corrected chi connectivity index (χ1v) is 20.5. The Morgan fingerprint density at radius 3 is 2.15 bits per heavy atom. The van der Waals surface area contributed by atoms with E-state index < -0.39 is 42.7 Å². The lowest BCUT2D eigenvalue weighted by Crippen LogP contribution is -2.51. The van der Waals surface area contributed by atoms with Gasteiger partial charge < -0.3 is 20.7 Å². The van der Waals surface area contributed by atoms with Gasteiger partial charge in [0.25, 0.3) is 5.91 Å². The van der Waals surface area contributed by atoms with Gasteiger partial charge in [0.1, 0.15) is 13.2 Å². The van der Waals surface area contributed by atoms with Crippen LogP contribution in [0.2, 0.25) is 0 Å². The van der Waals surface area contributed by atoms with Crippen molar-refractivity contribution in [2.75, 3.05) is 31.6 Å². The molecule has 5 N–H and O–H groups in total. The molecule has 14 nitrogen and oxygen atoms in total. The van der Waals surface area contributed by atoms with E-state index >= 15 is 0 Å². The number of ether oxygens (including phenoxy) is 1. The maximum Gasteiger partial charge on any atom is 0.409 e. The van der Waals surface area contributed by atoms with E-state index in [1.807, 2.05) is 85.8 Å². The van der Waals surface area contributed by atoms with Crippen LogP contribution in [0.25, 0.3) is 11.1 Å². The summed E-state index contributed by atoms with van der Waals surface area (Å²) in [5.74, 6) is -0.945. The van der Waals surface area contributed by atoms with Crippen molar-refractivity contribution in [3.8, 4) is 11.1 Å². The summed E-state index contributed by atoms with van der Waals surface area (Å²) in [6.45, 7) is 1.97. The maximum atomic E-state index is 14.5. The van der Waals surface area contributed by atoms with Gasteiger partial charge >= 0.3 is 12.1 Å². The van der Waals surface area contributed by atoms with E-state index in [1.165, 1.54) is 11.1 Å². The smallest absolute Gasteiger partial charge is 0.409 e. The van der Waals surface area contributed by atoms with Gasteiger partial charge in [-0.3, -0.25) is 24.6 Å². The minimum absolute atomic E-state index is 0.0190. The number of benzene rings is 4. The fraction of sp³-hybridized carbons (Fsp3) is 0.326. The summed E-state index contributed by atoms with van der Waals surface area (Å²) in [5.41, 5.74) is 8.98. The van der Waals surface area contributed by atoms with Crippen molar-refractivity contribution in [2.24, 2.45) is 21.9 Å². The molecular formula is C46H50N8O6. The van der Waals surface area contributed by atoms with Crippen LogP contribution >= 0.6 is 0 Å². The zero-order valence-corrected chi connectivity index (χ0v) is 33.7. The molecule has 0 radical (unpaired) electrons. The van der Waals surface area contributed by atoms with Crippen LogP contribution < -0.4 is 31.6 Å². The molecule has 1 saturated carbocycles. The zero-order valence-electron chi connectivity index (χ0n) is 33.7. The molecule has 0 aromatic heterocycles. The summed E-state index contributed by atoms with van der Waals surface area (Å²) in [5, 5.41) is 15.2. The number of alkyl carbamates (subject to hydrolysis) is 1. The number of fused-ring (bicyclic) bond motifs is 4. The molecule has 14 heteroatoms. The average molecular weight is 811 g/mol. The van der Waals surface area contributed by atoms with Crippen molar-refractivity contribution < 1.29 is 28.7 Å². The molecule has 6 amide bonds. The number of carbonyl (C=O) groups excluding carboxylic acids is 5. The number of para-hydroxylation sites is 1. The Morgan fingerprint density at radius 2 is 1.48 bits per heavy atom. The Morgan fingerprint density at radius 1 is 0.850 bits per heavy atom. The molecule has 7 rings (SSSR count). The first-order valence-electron chi connectivity index (χ1n) is 20.5. The number of aliphatic imine (C=N–C) groups is 1. The summed E-state index contributed by atoms with van der Waals surface area (Å²) in [4.78, 5) is 72.3. The average Bonchev–Trinajstić information content (AvgIpc) is 3.55. The van der Waals surface area contributed by atoms with Crippen LogP contribution in [0, 0.1) is 11.8 Å². The highest BCUT2D eigenvalue weighted by atomic mass is 16.5. The Kier molecular flexibility index (Phi) is 13.3. The first-order chi connectivity index (χ1) is 29.2. The molecule has 2 aliphatic carbocycles. The minimum atomic E-state index is -1.42. The number of hydrogen-bond donors (Lipinski definition) is 5. The number of rotatable bonds is 13. The normalized spacial score (nSPS) is 18.8. The Hall–Kier alpha value is -6.83. The minimum Gasteiger partial charge on any atom is -0.449 e. The summed E-state index contributed by atoms with van der Waals surface area (Å²) in [6.07, 6.45) is 2.91. The number of hydrazone groups is 1. The van der Waals surface area contributed by atoms with E-state index in [0.29, 0.717) is 29.9 Å². The molecule has 2 atom stereocenters. The molecule has 4 aromatic rings. The zero-order chi connectivity index (χ0) is 42.0. The number of hydrogen-bond acceptors (Lipinski definition) is 8. The van der Waals surface area contributed by atoms with E-state index in [-0.39, 0.29) is 30.3 Å². The molecule has 0 bridgehead atoms. The lowest BCUT2D eigenvalue weighted by atomic mass is 9.81. The molecule has 0 spiro atoms. The van der Waals surface area contributed by atoms with Crippen LogP contribution in [-0.2, 0) is 19.1 Å². The second kappa shape index (κ2) is 19.3. The highest BCUT2D eigenvalue weighted by Gasteiger charge is 2.36. The number of carbonyl (C=O) groups is 5. The van der Waals surface area contributed by atoms with Gasteiger partial charge in [0.2, 0.25) is 18.0 Å². The van der Waals surface area contributed by atoms with Crippen molar-refractivity contribution >= 4 is 47.5 Å². The van der Waals surface area contributed by atoms with Gasteiger partial charge in [0.15, 0.2) is 0 Å². The molecule has 4 aromatic carbocycles. The highest BCUT2D eigenvalue weighted by Crippen LogP contribution is 2.44. The predicted molar refractivity (Wildman–Crippen MR) is 230 cm³/mol. The van der Waals surface area contributed by atoms with Gasteiger partial charge in [-0.15, -0.1) is 0 Å². The van der Waals surface area contributed by atoms with E-state index in [0.717, 1.165) is 53.5 Å². The van der Waals surface area contributed by atoms with Crippen LogP contribution in [-0.4, -0.2) is 80.7 Å².